The van der Waals surface area contributed by atoms with Crippen LogP contribution in [0.5, 0.6) is 5.75 Å². The topological polar surface area (TPSA) is 116 Å². The Morgan fingerprint density at radius 2 is 1.88 bits per heavy atom. The third kappa shape index (κ3) is 4.04. The number of halogens is 1. The fraction of sp³-hybridized carbons (Fsp3) is 0.143. The molecule has 10 heteroatoms. The Hall–Kier alpha value is -1.03. The van der Waals surface area contributed by atoms with Crippen molar-refractivity contribution in [2.75, 3.05) is 11.8 Å². The quantitative estimate of drug-likeness (QED) is 0.773. The molecule has 0 aliphatic carbocycles. The van der Waals surface area contributed by atoms with E-state index in [0.717, 1.165) is 6.07 Å². The molecule has 0 aliphatic rings. The largest absolute Gasteiger partial charge is 0.495 e. The zero-order chi connectivity index (χ0) is 13.3. The zero-order valence-corrected chi connectivity index (χ0v) is 10.9. The molecule has 0 heterocycles. The lowest BCUT2D eigenvalue weighted by Crippen LogP contribution is -2.22. The van der Waals surface area contributed by atoms with Crippen LogP contribution in [0.15, 0.2) is 23.1 Å². The summed E-state index contributed by atoms with van der Waals surface area (Å²) in [5, 5.41) is 4.77. The maximum absolute atomic E-state index is 11.1. The number of nitrogens with one attached hydrogen (secondary N) is 1. The average Bonchev–Trinajstić information content (AvgIpc) is 2.13. The number of rotatable bonds is 4. The van der Waals surface area contributed by atoms with E-state index in [4.69, 9.17) is 20.6 Å². The van der Waals surface area contributed by atoms with Gasteiger partial charge in [0.1, 0.15) is 5.75 Å². The SMILES string of the molecule is COc1ccc(S(=O)(=O)Cl)cc1NS(N)(=O)=O. The van der Waals surface area contributed by atoms with Crippen LogP contribution < -0.4 is 14.6 Å². The van der Waals surface area contributed by atoms with Crippen LogP contribution in [0.2, 0.25) is 0 Å². The second-order valence-electron chi connectivity index (χ2n) is 2.95. The average molecular weight is 301 g/mol. The first-order valence-corrected chi connectivity index (χ1v) is 7.92. The van der Waals surface area contributed by atoms with Crippen molar-refractivity contribution in [3.63, 3.8) is 0 Å². The first-order chi connectivity index (χ1) is 7.63. The summed E-state index contributed by atoms with van der Waals surface area (Å²) >= 11 is 0. The molecule has 0 bridgehead atoms. The molecule has 0 saturated carbocycles. The molecular weight excluding hydrogens is 292 g/mol. The van der Waals surface area contributed by atoms with Crippen molar-refractivity contribution in [1.29, 1.82) is 0 Å². The van der Waals surface area contributed by atoms with Crippen LogP contribution >= 0.6 is 10.7 Å². The highest BCUT2D eigenvalue weighted by atomic mass is 35.7. The van der Waals surface area contributed by atoms with Crippen molar-refractivity contribution in [3.05, 3.63) is 18.2 Å². The highest BCUT2D eigenvalue weighted by Gasteiger charge is 2.15. The molecule has 0 fully saturated rings. The first-order valence-electron chi connectivity index (χ1n) is 4.07. The van der Waals surface area contributed by atoms with Gasteiger partial charge in [0, 0.05) is 10.7 Å². The normalized spacial score (nSPS) is 12.2. The maximum atomic E-state index is 11.1. The van der Waals surface area contributed by atoms with E-state index >= 15 is 0 Å². The lowest BCUT2D eigenvalue weighted by molar-refractivity contribution is 0.416. The summed E-state index contributed by atoms with van der Waals surface area (Å²) in [5.74, 6) is 0.114. The molecule has 1 aromatic carbocycles. The molecule has 0 amide bonds. The van der Waals surface area contributed by atoms with Crippen LogP contribution in [-0.4, -0.2) is 23.9 Å². The fourth-order valence-corrected chi connectivity index (χ4v) is 2.31. The first kappa shape index (κ1) is 14.0. The molecule has 0 radical (unpaired) electrons. The van der Waals surface area contributed by atoms with Crippen molar-refractivity contribution < 1.29 is 21.6 Å². The fourth-order valence-electron chi connectivity index (χ4n) is 1.07. The van der Waals surface area contributed by atoms with E-state index in [2.05, 4.69) is 0 Å². The van der Waals surface area contributed by atoms with E-state index in [-0.39, 0.29) is 16.3 Å². The maximum Gasteiger partial charge on any atom is 0.296 e. The standard InChI is InChI=1S/C7H9ClN2O5S2/c1-15-7-3-2-5(16(8,11)12)4-6(7)10-17(9,13)14/h2-4,10H,1H3,(H2,9,13,14). The summed E-state index contributed by atoms with van der Waals surface area (Å²) in [6.45, 7) is 0. The third-order valence-electron chi connectivity index (χ3n) is 1.70. The van der Waals surface area contributed by atoms with E-state index in [9.17, 15) is 16.8 Å². The molecule has 0 aliphatic heterocycles. The highest BCUT2D eigenvalue weighted by molar-refractivity contribution is 8.13. The highest BCUT2D eigenvalue weighted by Crippen LogP contribution is 2.29. The molecule has 1 aromatic rings. The molecule has 96 valence electrons. The molecule has 7 nitrogen and oxygen atoms in total. The summed E-state index contributed by atoms with van der Waals surface area (Å²) < 4.78 is 50.6. The summed E-state index contributed by atoms with van der Waals surface area (Å²) in [7, 11) is -1.59. The van der Waals surface area contributed by atoms with E-state index in [1.807, 2.05) is 4.72 Å². The minimum Gasteiger partial charge on any atom is -0.495 e. The van der Waals surface area contributed by atoms with E-state index in [0.29, 0.717) is 0 Å². The molecule has 3 N–H and O–H groups in total. The van der Waals surface area contributed by atoms with Crippen LogP contribution in [0.25, 0.3) is 0 Å². The monoisotopic (exact) mass is 300 g/mol. The summed E-state index contributed by atoms with van der Waals surface area (Å²) in [6.07, 6.45) is 0. The number of benzene rings is 1. The van der Waals surface area contributed by atoms with Gasteiger partial charge < -0.3 is 4.74 Å². The number of hydrogen-bond acceptors (Lipinski definition) is 5. The smallest absolute Gasteiger partial charge is 0.296 e. The predicted molar refractivity (Wildman–Crippen MR) is 62.8 cm³/mol. The Kier molecular flexibility index (Phi) is 3.87. The number of methoxy groups -OCH3 is 1. The summed E-state index contributed by atoms with van der Waals surface area (Å²) in [6, 6.07) is 3.43. The van der Waals surface area contributed by atoms with Crippen molar-refractivity contribution in [2.45, 2.75) is 4.90 Å². The van der Waals surface area contributed by atoms with E-state index in [1.165, 1.54) is 19.2 Å². The van der Waals surface area contributed by atoms with Gasteiger partial charge in [0.15, 0.2) is 0 Å². The zero-order valence-electron chi connectivity index (χ0n) is 8.55. The van der Waals surface area contributed by atoms with Crippen molar-refractivity contribution in [3.8, 4) is 5.75 Å². The van der Waals surface area contributed by atoms with Crippen LogP contribution in [-0.2, 0) is 19.3 Å². The molecule has 1 rings (SSSR count). The van der Waals surface area contributed by atoms with Crippen LogP contribution in [0.3, 0.4) is 0 Å². The molecule has 17 heavy (non-hydrogen) atoms. The number of ether oxygens (including phenoxy) is 1. The molecular formula is C7H9ClN2O5S2. The van der Waals surface area contributed by atoms with Gasteiger partial charge in [-0.1, -0.05) is 0 Å². The van der Waals surface area contributed by atoms with Gasteiger partial charge in [0.05, 0.1) is 17.7 Å². The van der Waals surface area contributed by atoms with E-state index in [1.54, 1.807) is 0 Å². The Morgan fingerprint density at radius 3 is 2.29 bits per heavy atom. The molecule has 0 saturated heterocycles. The Labute approximate surface area is 103 Å². The Morgan fingerprint density at radius 1 is 1.29 bits per heavy atom. The van der Waals surface area contributed by atoms with Gasteiger partial charge in [0.25, 0.3) is 19.3 Å². The van der Waals surface area contributed by atoms with Gasteiger partial charge in [-0.15, -0.1) is 0 Å². The Bertz CT molecular complexity index is 626. The number of anilines is 1. The van der Waals surface area contributed by atoms with Crippen LogP contribution in [0.4, 0.5) is 5.69 Å². The Balaban J connectivity index is 3.35. The van der Waals surface area contributed by atoms with Crippen molar-refractivity contribution >= 4 is 35.6 Å². The van der Waals surface area contributed by atoms with Gasteiger partial charge in [-0.2, -0.15) is 8.42 Å². The van der Waals surface area contributed by atoms with Crippen molar-refractivity contribution in [1.82, 2.24) is 0 Å². The second-order valence-corrected chi connectivity index (χ2v) is 6.81. The molecule has 0 aromatic heterocycles. The second kappa shape index (κ2) is 4.69. The summed E-state index contributed by atoms with van der Waals surface area (Å²) in [5.41, 5.74) is -0.114. The number of hydrogen-bond donors (Lipinski definition) is 2. The van der Waals surface area contributed by atoms with Crippen molar-refractivity contribution in [2.24, 2.45) is 5.14 Å². The van der Waals surface area contributed by atoms with Crippen LogP contribution in [0, 0.1) is 0 Å². The van der Waals surface area contributed by atoms with Gasteiger partial charge in [-0.05, 0) is 18.2 Å². The van der Waals surface area contributed by atoms with Gasteiger partial charge in [-0.3, -0.25) is 4.72 Å². The third-order valence-corrected chi connectivity index (χ3v) is 3.56. The molecule has 0 atom stereocenters. The molecule has 0 spiro atoms. The lowest BCUT2D eigenvalue weighted by Gasteiger charge is -2.10. The minimum absolute atomic E-state index is 0.114. The van der Waals surface area contributed by atoms with Gasteiger partial charge in [-0.25, -0.2) is 13.6 Å². The van der Waals surface area contributed by atoms with Gasteiger partial charge in [0.2, 0.25) is 0 Å². The summed E-state index contributed by atoms with van der Waals surface area (Å²) in [4.78, 5) is -0.272. The van der Waals surface area contributed by atoms with E-state index < -0.39 is 19.3 Å². The predicted octanol–water partition coefficient (Wildman–Crippen LogP) is 0.238. The molecule has 0 unspecified atom stereocenters. The minimum atomic E-state index is -4.04. The van der Waals surface area contributed by atoms with Gasteiger partial charge >= 0.3 is 0 Å². The van der Waals surface area contributed by atoms with Crippen LogP contribution in [0.1, 0.15) is 0 Å². The lowest BCUT2D eigenvalue weighted by atomic mass is 10.3. The number of nitrogens with two attached hydrogens (primary N) is 1.